The van der Waals surface area contributed by atoms with E-state index in [2.05, 4.69) is 21.2 Å². The SMILES string of the molecule is CCNC(=O)[C@H](Cc1ccccc1)N(Cc1ccc(Br)cc1)C(=O)CN(c1cc(OC)ccc1OC)S(C)(=O)=O. The Morgan fingerprint density at radius 2 is 1.62 bits per heavy atom. The third kappa shape index (κ3) is 8.22. The lowest BCUT2D eigenvalue weighted by Crippen LogP contribution is -2.53. The lowest BCUT2D eigenvalue weighted by Gasteiger charge is -2.33. The number of ether oxygens (including phenoxy) is 2. The first-order valence-electron chi connectivity index (χ1n) is 12.6. The van der Waals surface area contributed by atoms with Crippen LogP contribution in [0.4, 0.5) is 5.69 Å². The number of sulfonamides is 1. The van der Waals surface area contributed by atoms with Crippen LogP contribution < -0.4 is 19.1 Å². The van der Waals surface area contributed by atoms with Gasteiger partial charge in [0.1, 0.15) is 24.1 Å². The number of hydrogen-bond donors (Lipinski definition) is 1. The number of benzene rings is 3. The molecular weight excluding hydrogens is 598 g/mol. The minimum absolute atomic E-state index is 0.0909. The van der Waals surface area contributed by atoms with Crippen molar-refractivity contribution in [3.63, 3.8) is 0 Å². The summed E-state index contributed by atoms with van der Waals surface area (Å²) in [5, 5.41) is 2.84. The fraction of sp³-hybridized carbons (Fsp3) is 0.310. The summed E-state index contributed by atoms with van der Waals surface area (Å²) in [6, 6.07) is 20.6. The standard InChI is InChI=1S/C29H34BrN3O6S/c1-5-31-29(35)26(17-21-9-7-6-8-10-21)32(19-22-11-13-23(30)14-12-22)28(34)20-33(40(4,36)37)25-18-24(38-2)15-16-27(25)39-3/h6-16,18,26H,5,17,19-20H2,1-4H3,(H,31,35)/t26-/m0/s1. The van der Waals surface area contributed by atoms with Crippen molar-refractivity contribution in [2.24, 2.45) is 0 Å². The Hall–Kier alpha value is -3.57. The smallest absolute Gasteiger partial charge is 0.244 e. The van der Waals surface area contributed by atoms with Crippen LogP contribution in [0.3, 0.4) is 0 Å². The number of carbonyl (C=O) groups is 2. The molecule has 0 radical (unpaired) electrons. The van der Waals surface area contributed by atoms with Gasteiger partial charge >= 0.3 is 0 Å². The van der Waals surface area contributed by atoms with Crippen molar-refractivity contribution in [3.8, 4) is 11.5 Å². The van der Waals surface area contributed by atoms with Gasteiger partial charge in [0.25, 0.3) is 0 Å². The largest absolute Gasteiger partial charge is 0.497 e. The fourth-order valence-electron chi connectivity index (χ4n) is 4.22. The van der Waals surface area contributed by atoms with Gasteiger partial charge in [-0.1, -0.05) is 58.4 Å². The zero-order chi connectivity index (χ0) is 29.3. The van der Waals surface area contributed by atoms with Crippen LogP contribution >= 0.6 is 15.9 Å². The molecule has 40 heavy (non-hydrogen) atoms. The molecule has 0 saturated heterocycles. The molecule has 11 heteroatoms. The summed E-state index contributed by atoms with van der Waals surface area (Å²) in [5.41, 5.74) is 1.80. The van der Waals surface area contributed by atoms with E-state index in [1.807, 2.05) is 54.6 Å². The van der Waals surface area contributed by atoms with Gasteiger partial charge in [-0.15, -0.1) is 0 Å². The molecule has 0 bridgehead atoms. The van der Waals surface area contributed by atoms with E-state index in [4.69, 9.17) is 9.47 Å². The predicted octanol–water partition coefficient (Wildman–Crippen LogP) is 4.01. The van der Waals surface area contributed by atoms with E-state index in [1.165, 1.54) is 25.2 Å². The summed E-state index contributed by atoms with van der Waals surface area (Å²) >= 11 is 3.42. The Morgan fingerprint density at radius 3 is 2.20 bits per heavy atom. The molecule has 0 aromatic heterocycles. The maximum atomic E-state index is 14.1. The molecule has 0 saturated carbocycles. The molecule has 0 spiro atoms. The first kappa shape index (κ1) is 31.0. The molecular formula is C29H34BrN3O6S. The van der Waals surface area contributed by atoms with Gasteiger partial charge in [-0.2, -0.15) is 0 Å². The van der Waals surface area contributed by atoms with E-state index in [-0.39, 0.29) is 30.3 Å². The average molecular weight is 633 g/mol. The lowest BCUT2D eigenvalue weighted by molar-refractivity contribution is -0.140. The number of rotatable bonds is 13. The number of anilines is 1. The highest BCUT2D eigenvalue weighted by Crippen LogP contribution is 2.34. The van der Waals surface area contributed by atoms with Crippen LogP contribution in [0, 0.1) is 0 Å². The molecule has 3 aromatic carbocycles. The monoisotopic (exact) mass is 631 g/mol. The van der Waals surface area contributed by atoms with Gasteiger partial charge in [-0.05, 0) is 42.3 Å². The van der Waals surface area contributed by atoms with Crippen LogP contribution in [0.1, 0.15) is 18.1 Å². The molecule has 0 aliphatic rings. The molecule has 2 amide bonds. The summed E-state index contributed by atoms with van der Waals surface area (Å²) in [5.74, 6) is -0.233. The number of hydrogen-bond acceptors (Lipinski definition) is 6. The first-order chi connectivity index (χ1) is 19.1. The predicted molar refractivity (Wildman–Crippen MR) is 159 cm³/mol. The Balaban J connectivity index is 2.08. The number of nitrogens with one attached hydrogen (secondary N) is 1. The molecule has 9 nitrogen and oxygen atoms in total. The van der Waals surface area contributed by atoms with Crippen molar-refractivity contribution in [2.75, 3.05) is 37.9 Å². The van der Waals surface area contributed by atoms with Crippen molar-refractivity contribution in [2.45, 2.75) is 25.9 Å². The van der Waals surface area contributed by atoms with Gasteiger partial charge in [0.05, 0.1) is 26.2 Å². The second-order valence-corrected chi connectivity index (χ2v) is 11.9. The molecule has 214 valence electrons. The van der Waals surface area contributed by atoms with Gasteiger partial charge in [0, 0.05) is 30.0 Å². The second kappa shape index (κ2) is 14.2. The number of nitrogens with zero attached hydrogens (tertiary/aromatic N) is 2. The topological polar surface area (TPSA) is 105 Å². The molecule has 0 heterocycles. The Morgan fingerprint density at radius 1 is 0.950 bits per heavy atom. The van der Waals surface area contributed by atoms with E-state index in [0.29, 0.717) is 12.3 Å². The van der Waals surface area contributed by atoms with Crippen LogP contribution in [-0.2, 0) is 32.6 Å². The zero-order valence-electron chi connectivity index (χ0n) is 23.0. The highest BCUT2D eigenvalue weighted by atomic mass is 79.9. The third-order valence-electron chi connectivity index (χ3n) is 6.22. The first-order valence-corrected chi connectivity index (χ1v) is 15.3. The Kier molecular flexibility index (Phi) is 11.0. The zero-order valence-corrected chi connectivity index (χ0v) is 25.4. The van der Waals surface area contributed by atoms with Crippen molar-refractivity contribution in [3.05, 3.63) is 88.4 Å². The average Bonchev–Trinajstić information content (AvgIpc) is 2.94. The maximum Gasteiger partial charge on any atom is 0.244 e. The molecule has 1 N–H and O–H groups in total. The van der Waals surface area contributed by atoms with Gasteiger partial charge in [0.15, 0.2) is 0 Å². The van der Waals surface area contributed by atoms with Crippen LogP contribution in [0.15, 0.2) is 77.3 Å². The molecule has 3 aromatic rings. The normalized spacial score (nSPS) is 11.8. The molecule has 0 unspecified atom stereocenters. The quantitative estimate of drug-likeness (QED) is 0.306. The van der Waals surface area contributed by atoms with Gasteiger partial charge in [-0.25, -0.2) is 8.42 Å². The molecule has 0 aliphatic carbocycles. The summed E-state index contributed by atoms with van der Waals surface area (Å²) in [7, 11) is -1.08. The van der Waals surface area contributed by atoms with Gasteiger partial charge in [0.2, 0.25) is 21.8 Å². The van der Waals surface area contributed by atoms with Crippen molar-refractivity contribution < 1.29 is 27.5 Å². The Bertz CT molecular complexity index is 1400. The van der Waals surface area contributed by atoms with Crippen LogP contribution in [0.25, 0.3) is 0 Å². The highest BCUT2D eigenvalue weighted by molar-refractivity contribution is 9.10. The van der Waals surface area contributed by atoms with E-state index in [0.717, 1.165) is 26.2 Å². The van der Waals surface area contributed by atoms with E-state index in [9.17, 15) is 18.0 Å². The van der Waals surface area contributed by atoms with Crippen molar-refractivity contribution in [1.82, 2.24) is 10.2 Å². The van der Waals surface area contributed by atoms with Crippen LogP contribution in [0.2, 0.25) is 0 Å². The van der Waals surface area contributed by atoms with E-state index < -0.39 is 28.5 Å². The van der Waals surface area contributed by atoms with Crippen LogP contribution in [0.5, 0.6) is 11.5 Å². The lowest BCUT2D eigenvalue weighted by atomic mass is 10.0. The molecule has 1 atom stereocenters. The minimum atomic E-state index is -3.95. The van der Waals surface area contributed by atoms with E-state index in [1.54, 1.807) is 19.1 Å². The van der Waals surface area contributed by atoms with Crippen molar-refractivity contribution in [1.29, 1.82) is 0 Å². The number of likely N-dealkylation sites (N-methyl/N-ethyl adjacent to an activating group) is 1. The highest BCUT2D eigenvalue weighted by Gasteiger charge is 2.33. The summed E-state index contributed by atoms with van der Waals surface area (Å²) in [4.78, 5) is 28.9. The molecule has 0 fully saturated rings. The summed E-state index contributed by atoms with van der Waals surface area (Å²) in [6.07, 6.45) is 1.26. The number of halogens is 1. The Labute approximate surface area is 244 Å². The molecule has 0 aliphatic heterocycles. The van der Waals surface area contributed by atoms with E-state index >= 15 is 0 Å². The van der Waals surface area contributed by atoms with Crippen molar-refractivity contribution >= 4 is 43.5 Å². The maximum absolute atomic E-state index is 14.1. The summed E-state index contributed by atoms with van der Waals surface area (Å²) < 4.78 is 38.6. The fourth-order valence-corrected chi connectivity index (χ4v) is 5.33. The third-order valence-corrected chi connectivity index (χ3v) is 7.88. The number of methoxy groups -OCH3 is 2. The van der Waals surface area contributed by atoms with Gasteiger partial charge in [-0.3, -0.25) is 13.9 Å². The summed E-state index contributed by atoms with van der Waals surface area (Å²) in [6.45, 7) is 1.72. The second-order valence-electron chi connectivity index (χ2n) is 9.06. The number of amides is 2. The number of carbonyl (C=O) groups excluding carboxylic acids is 2. The molecule has 3 rings (SSSR count). The van der Waals surface area contributed by atoms with Gasteiger partial charge < -0.3 is 19.7 Å². The minimum Gasteiger partial charge on any atom is -0.497 e. The van der Waals surface area contributed by atoms with Crippen LogP contribution in [-0.4, -0.2) is 64.7 Å².